The van der Waals surface area contributed by atoms with Crippen LogP contribution < -0.4 is 0 Å². The summed E-state index contributed by atoms with van der Waals surface area (Å²) in [7, 11) is 3.30. The van der Waals surface area contributed by atoms with Gasteiger partial charge in [0.2, 0.25) is 0 Å². The lowest BCUT2D eigenvalue weighted by Gasteiger charge is -2.43. The number of fused-ring (bicyclic) bond motifs is 1. The first-order valence-corrected chi connectivity index (χ1v) is 7.85. The largest absolute Gasteiger partial charge is 0.381 e. The molecule has 1 aromatic carbocycles. The second-order valence-electron chi connectivity index (χ2n) is 6.29. The molecular weight excluding hydrogens is 304 g/mol. The molecule has 1 amide bonds. The minimum atomic E-state index is -0.703. The highest BCUT2D eigenvalue weighted by Crippen LogP contribution is 2.43. The van der Waals surface area contributed by atoms with Crippen LogP contribution in [0.15, 0.2) is 18.2 Å². The van der Waals surface area contributed by atoms with Crippen molar-refractivity contribution >= 4 is 5.91 Å². The maximum Gasteiger partial charge on any atom is 0.257 e. The third kappa shape index (κ3) is 2.74. The number of nitrogens with zero attached hydrogens (tertiary/aromatic N) is 1. The fraction of sp³-hybridized carbons (Fsp3) is 0.588. The highest BCUT2D eigenvalue weighted by Gasteiger charge is 2.52. The summed E-state index contributed by atoms with van der Waals surface area (Å²) in [6.45, 7) is 0.476. The molecule has 1 aromatic rings. The summed E-state index contributed by atoms with van der Waals surface area (Å²) in [5.74, 6) is -1.81. The number of hydrogen-bond acceptors (Lipinski definition) is 3. The number of halogens is 2. The quantitative estimate of drug-likeness (QED) is 0.858. The monoisotopic (exact) mass is 325 g/mol. The third-order valence-corrected chi connectivity index (χ3v) is 5.29. The van der Waals surface area contributed by atoms with Crippen LogP contribution in [-0.2, 0) is 9.47 Å². The van der Waals surface area contributed by atoms with E-state index in [4.69, 9.17) is 9.47 Å². The third-order valence-electron chi connectivity index (χ3n) is 5.29. The van der Waals surface area contributed by atoms with Crippen LogP contribution in [0, 0.1) is 11.6 Å². The number of carbonyl (C=O) groups is 1. The summed E-state index contributed by atoms with van der Waals surface area (Å²) in [6.07, 6.45) is 3.06. The molecule has 1 saturated carbocycles. The number of rotatable bonds is 3. The molecule has 6 heteroatoms. The molecule has 3 rings (SSSR count). The Balaban J connectivity index is 1.90. The molecule has 0 aromatic heterocycles. The molecule has 2 aliphatic rings. The molecule has 4 nitrogen and oxygen atoms in total. The van der Waals surface area contributed by atoms with Gasteiger partial charge in [-0.05, 0) is 43.9 Å². The number of hydrogen-bond donors (Lipinski definition) is 0. The summed E-state index contributed by atoms with van der Waals surface area (Å²) < 4.78 is 38.5. The Hall–Kier alpha value is -1.53. The summed E-state index contributed by atoms with van der Waals surface area (Å²) in [5, 5.41) is 0. The van der Waals surface area contributed by atoms with Crippen molar-refractivity contribution in [2.24, 2.45) is 0 Å². The van der Waals surface area contributed by atoms with Gasteiger partial charge in [0.05, 0.1) is 23.3 Å². The van der Waals surface area contributed by atoms with Gasteiger partial charge in [-0.1, -0.05) is 0 Å². The van der Waals surface area contributed by atoms with E-state index in [9.17, 15) is 13.6 Å². The van der Waals surface area contributed by atoms with Crippen molar-refractivity contribution in [1.29, 1.82) is 0 Å². The number of carbonyl (C=O) groups excluding carboxylic acids is 1. The standard InChI is InChI=1S/C17H21F2NO3/c1-22-12-5-6-17(23-2)7-8-20(15(17)10-12)16(21)13-9-11(18)3-4-14(13)19/h3-4,9,12,15H,5-8,10H2,1-2H3/t12-,15-,17+/m0/s1. The fourth-order valence-corrected chi connectivity index (χ4v) is 3.94. The van der Waals surface area contributed by atoms with Gasteiger partial charge in [-0.25, -0.2) is 8.78 Å². The summed E-state index contributed by atoms with van der Waals surface area (Å²) in [4.78, 5) is 14.4. The Morgan fingerprint density at radius 3 is 2.78 bits per heavy atom. The zero-order valence-electron chi connectivity index (χ0n) is 13.4. The van der Waals surface area contributed by atoms with Crippen molar-refractivity contribution in [3.8, 4) is 0 Å². The summed E-state index contributed by atoms with van der Waals surface area (Å²) >= 11 is 0. The molecule has 1 saturated heterocycles. The van der Waals surface area contributed by atoms with Crippen LogP contribution in [0.3, 0.4) is 0 Å². The first-order valence-electron chi connectivity index (χ1n) is 7.85. The Morgan fingerprint density at radius 1 is 1.30 bits per heavy atom. The average Bonchev–Trinajstić information content (AvgIpc) is 2.95. The molecular formula is C17H21F2NO3. The van der Waals surface area contributed by atoms with Gasteiger partial charge in [0.1, 0.15) is 11.6 Å². The minimum Gasteiger partial charge on any atom is -0.381 e. The fourth-order valence-electron chi connectivity index (χ4n) is 3.94. The van der Waals surface area contributed by atoms with Crippen LogP contribution in [0.25, 0.3) is 0 Å². The van der Waals surface area contributed by atoms with Gasteiger partial charge in [0.15, 0.2) is 0 Å². The number of ether oxygens (including phenoxy) is 2. The van der Waals surface area contributed by atoms with E-state index in [1.165, 1.54) is 0 Å². The Bertz CT molecular complexity index is 610. The highest BCUT2D eigenvalue weighted by atomic mass is 19.1. The van der Waals surface area contributed by atoms with Gasteiger partial charge in [0, 0.05) is 20.8 Å². The Morgan fingerprint density at radius 2 is 2.09 bits per heavy atom. The van der Waals surface area contributed by atoms with E-state index >= 15 is 0 Å². The minimum absolute atomic E-state index is 0.0500. The van der Waals surface area contributed by atoms with E-state index in [1.54, 1.807) is 19.1 Å². The van der Waals surface area contributed by atoms with Crippen LogP contribution in [-0.4, -0.2) is 49.3 Å². The van der Waals surface area contributed by atoms with Crippen molar-refractivity contribution in [3.63, 3.8) is 0 Å². The van der Waals surface area contributed by atoms with Gasteiger partial charge < -0.3 is 14.4 Å². The average molecular weight is 325 g/mol. The van der Waals surface area contributed by atoms with E-state index in [1.807, 2.05) is 0 Å². The molecule has 1 aliphatic carbocycles. The first kappa shape index (κ1) is 16.3. The van der Waals surface area contributed by atoms with E-state index in [2.05, 4.69) is 0 Å². The van der Waals surface area contributed by atoms with Crippen molar-refractivity contribution < 1.29 is 23.0 Å². The molecule has 1 aliphatic heterocycles. The van der Waals surface area contributed by atoms with Crippen LogP contribution in [0.4, 0.5) is 8.78 Å². The van der Waals surface area contributed by atoms with Crippen molar-refractivity contribution in [3.05, 3.63) is 35.4 Å². The first-order chi connectivity index (χ1) is 11.0. The second kappa shape index (κ2) is 6.17. The lowest BCUT2D eigenvalue weighted by atomic mass is 9.79. The molecule has 126 valence electrons. The topological polar surface area (TPSA) is 38.8 Å². The highest BCUT2D eigenvalue weighted by molar-refractivity contribution is 5.95. The maximum atomic E-state index is 13.9. The van der Waals surface area contributed by atoms with E-state index in [-0.39, 0.29) is 17.7 Å². The molecule has 0 radical (unpaired) electrons. The summed E-state index contributed by atoms with van der Waals surface area (Å²) in [5.41, 5.74) is -0.634. The smallest absolute Gasteiger partial charge is 0.257 e. The molecule has 0 bridgehead atoms. The van der Waals surface area contributed by atoms with Crippen LogP contribution in [0.2, 0.25) is 0 Å². The van der Waals surface area contributed by atoms with Crippen molar-refractivity contribution in [2.45, 2.75) is 43.4 Å². The zero-order chi connectivity index (χ0) is 16.6. The van der Waals surface area contributed by atoms with Gasteiger partial charge in [0.25, 0.3) is 5.91 Å². The summed E-state index contributed by atoms with van der Waals surface area (Å²) in [6, 6.07) is 2.78. The van der Waals surface area contributed by atoms with Gasteiger partial charge in [-0.15, -0.1) is 0 Å². The van der Waals surface area contributed by atoms with Crippen LogP contribution >= 0.6 is 0 Å². The second-order valence-corrected chi connectivity index (χ2v) is 6.29. The lowest BCUT2D eigenvalue weighted by Crippen LogP contribution is -2.53. The zero-order valence-corrected chi connectivity index (χ0v) is 13.4. The van der Waals surface area contributed by atoms with E-state index in [0.29, 0.717) is 19.4 Å². The molecule has 1 heterocycles. The van der Waals surface area contributed by atoms with Gasteiger partial charge in [-0.2, -0.15) is 0 Å². The van der Waals surface area contributed by atoms with Gasteiger partial charge >= 0.3 is 0 Å². The molecule has 2 fully saturated rings. The molecule has 0 unspecified atom stereocenters. The number of amides is 1. The normalized spacial score (nSPS) is 30.3. The van der Waals surface area contributed by atoms with Gasteiger partial charge in [-0.3, -0.25) is 4.79 Å². The number of methoxy groups -OCH3 is 2. The van der Waals surface area contributed by atoms with Crippen molar-refractivity contribution in [1.82, 2.24) is 4.90 Å². The predicted molar refractivity (Wildman–Crippen MR) is 80.2 cm³/mol. The van der Waals surface area contributed by atoms with E-state index < -0.39 is 23.1 Å². The lowest BCUT2D eigenvalue weighted by molar-refractivity contribution is -0.0894. The number of likely N-dealkylation sites (tertiary alicyclic amines) is 1. The maximum absolute atomic E-state index is 13.9. The number of benzene rings is 1. The molecule has 23 heavy (non-hydrogen) atoms. The SMILES string of the molecule is CO[C@H]1CC[C@@]2(OC)CCN(C(=O)c3cc(F)ccc3F)[C@H]2C1. The Kier molecular flexibility index (Phi) is 4.38. The van der Waals surface area contributed by atoms with E-state index in [0.717, 1.165) is 31.0 Å². The van der Waals surface area contributed by atoms with Crippen molar-refractivity contribution in [2.75, 3.05) is 20.8 Å². The molecule has 0 N–H and O–H groups in total. The van der Waals surface area contributed by atoms with Crippen LogP contribution in [0.1, 0.15) is 36.0 Å². The molecule has 0 spiro atoms. The Labute approximate surface area is 134 Å². The molecule has 3 atom stereocenters. The van der Waals surface area contributed by atoms with Crippen LogP contribution in [0.5, 0.6) is 0 Å². The predicted octanol–water partition coefficient (Wildman–Crippen LogP) is 2.76.